The van der Waals surface area contributed by atoms with E-state index in [-0.39, 0.29) is 0 Å². The number of hydrogen-bond acceptors (Lipinski definition) is 11. The van der Waals surface area contributed by atoms with Crippen molar-refractivity contribution in [3.8, 4) is 0 Å². The molecule has 0 N–H and O–H groups in total. The van der Waals surface area contributed by atoms with E-state index >= 15 is 0 Å². The van der Waals surface area contributed by atoms with Crippen LogP contribution >= 0.6 is 23.2 Å². The quantitative estimate of drug-likeness (QED) is 0.277. The Bertz CT molecular complexity index is 638. The number of esters is 5. The van der Waals surface area contributed by atoms with E-state index < -0.39 is 78.9 Å². The number of alkyl halides is 2. The van der Waals surface area contributed by atoms with Crippen molar-refractivity contribution in [2.24, 2.45) is 0 Å². The zero-order valence-electron chi connectivity index (χ0n) is 15.8. The first-order valence-electron chi connectivity index (χ1n) is 8.23. The van der Waals surface area contributed by atoms with Gasteiger partial charge in [0.15, 0.2) is 12.2 Å². The molecule has 164 valence electrons. The highest BCUT2D eigenvalue weighted by Gasteiger charge is 2.53. The van der Waals surface area contributed by atoms with Gasteiger partial charge in [-0.2, -0.15) is 0 Å². The molecule has 0 amide bonds. The highest BCUT2D eigenvalue weighted by molar-refractivity contribution is 6.26. The Morgan fingerprint density at radius 3 is 1.69 bits per heavy atom. The summed E-state index contributed by atoms with van der Waals surface area (Å²) in [5.41, 5.74) is 0. The molecule has 0 spiro atoms. The zero-order chi connectivity index (χ0) is 22.1. The second-order valence-corrected chi connectivity index (χ2v) is 6.24. The van der Waals surface area contributed by atoms with Gasteiger partial charge in [0.05, 0.1) is 0 Å². The molecule has 5 atom stereocenters. The Morgan fingerprint density at radius 2 is 1.24 bits per heavy atom. The van der Waals surface area contributed by atoms with Gasteiger partial charge in [-0.05, 0) is 0 Å². The molecule has 1 aliphatic rings. The van der Waals surface area contributed by atoms with Gasteiger partial charge >= 0.3 is 29.8 Å². The van der Waals surface area contributed by atoms with Gasteiger partial charge < -0.3 is 28.4 Å². The van der Waals surface area contributed by atoms with Crippen LogP contribution in [-0.2, 0) is 52.4 Å². The molecule has 1 fully saturated rings. The number of carbonyl (C=O) groups excluding carboxylic acids is 5. The van der Waals surface area contributed by atoms with Gasteiger partial charge in [0.2, 0.25) is 12.4 Å². The van der Waals surface area contributed by atoms with Crippen LogP contribution in [0.3, 0.4) is 0 Å². The summed E-state index contributed by atoms with van der Waals surface area (Å²) in [4.78, 5) is 57.8. The summed E-state index contributed by atoms with van der Waals surface area (Å²) < 4.78 is 30.8. The smallest absolute Gasteiger partial charge is 0.321 e. The predicted molar refractivity (Wildman–Crippen MR) is 93.8 cm³/mol. The molecule has 11 nitrogen and oxygen atoms in total. The van der Waals surface area contributed by atoms with Gasteiger partial charge in [-0.25, -0.2) is 0 Å². The molecule has 0 aromatic heterocycles. The fourth-order valence-electron chi connectivity index (χ4n) is 2.43. The molecule has 0 aliphatic carbocycles. The standard InChI is InChI=1S/C16H20Cl2O11/c1-7(19)24-6-10-13(28-11(22)4-17)14(29-12(23)5-18)15(25-8(2)20)16(27-10)26-9(3)21/h10,13-16H,4-6H2,1-3H3/t10-,13+,14+,15-,16-/m1/s1. The molecule has 1 saturated heterocycles. The molecule has 0 radical (unpaired) electrons. The largest absolute Gasteiger partial charge is 0.463 e. The second kappa shape index (κ2) is 11.8. The molecule has 1 rings (SSSR count). The van der Waals surface area contributed by atoms with Crippen LogP contribution in [0, 0.1) is 0 Å². The lowest BCUT2D eigenvalue weighted by Crippen LogP contribution is -2.63. The van der Waals surface area contributed by atoms with Crippen LogP contribution in [0.5, 0.6) is 0 Å². The summed E-state index contributed by atoms with van der Waals surface area (Å²) >= 11 is 10.9. The zero-order valence-corrected chi connectivity index (χ0v) is 17.3. The lowest BCUT2D eigenvalue weighted by molar-refractivity contribution is -0.300. The van der Waals surface area contributed by atoms with Gasteiger partial charge in [-0.3, -0.25) is 24.0 Å². The number of hydrogen-bond donors (Lipinski definition) is 0. The van der Waals surface area contributed by atoms with Crippen LogP contribution in [0.1, 0.15) is 20.8 Å². The molecule has 0 aromatic rings. The minimum absolute atomic E-state index is 0.463. The highest BCUT2D eigenvalue weighted by atomic mass is 35.5. The molecule has 0 aromatic carbocycles. The van der Waals surface area contributed by atoms with Crippen molar-refractivity contribution in [3.05, 3.63) is 0 Å². The van der Waals surface area contributed by atoms with E-state index in [4.69, 9.17) is 51.6 Å². The molecule has 13 heteroatoms. The van der Waals surface area contributed by atoms with Crippen molar-refractivity contribution in [1.82, 2.24) is 0 Å². The molecular formula is C16H20Cl2O11. The fourth-order valence-corrected chi connectivity index (χ4v) is 2.56. The average molecular weight is 459 g/mol. The molecular weight excluding hydrogens is 439 g/mol. The maximum atomic E-state index is 11.8. The van der Waals surface area contributed by atoms with E-state index in [9.17, 15) is 24.0 Å². The van der Waals surface area contributed by atoms with Crippen LogP contribution in [0.2, 0.25) is 0 Å². The van der Waals surface area contributed by atoms with E-state index in [1.807, 2.05) is 0 Å². The van der Waals surface area contributed by atoms with Crippen molar-refractivity contribution in [3.63, 3.8) is 0 Å². The van der Waals surface area contributed by atoms with Crippen molar-refractivity contribution in [2.75, 3.05) is 18.4 Å². The van der Waals surface area contributed by atoms with Crippen molar-refractivity contribution in [1.29, 1.82) is 0 Å². The number of carbonyl (C=O) groups is 5. The maximum absolute atomic E-state index is 11.8. The number of ether oxygens (including phenoxy) is 6. The number of halogens is 2. The maximum Gasteiger partial charge on any atom is 0.321 e. The summed E-state index contributed by atoms with van der Waals surface area (Å²) in [5, 5.41) is 0. The van der Waals surface area contributed by atoms with E-state index in [2.05, 4.69) is 0 Å². The third kappa shape index (κ3) is 8.03. The van der Waals surface area contributed by atoms with E-state index in [0.29, 0.717) is 0 Å². The van der Waals surface area contributed by atoms with Crippen LogP contribution in [0.25, 0.3) is 0 Å². The van der Waals surface area contributed by atoms with Crippen LogP contribution in [0.4, 0.5) is 0 Å². The fraction of sp³-hybridized carbons (Fsp3) is 0.688. The van der Waals surface area contributed by atoms with Crippen LogP contribution in [0.15, 0.2) is 0 Å². The molecule has 0 bridgehead atoms. The van der Waals surface area contributed by atoms with Crippen LogP contribution in [-0.4, -0.2) is 78.9 Å². The Balaban J connectivity index is 3.35. The minimum Gasteiger partial charge on any atom is -0.463 e. The van der Waals surface area contributed by atoms with Gasteiger partial charge in [-0.15, -0.1) is 23.2 Å². The van der Waals surface area contributed by atoms with E-state index in [1.54, 1.807) is 0 Å². The van der Waals surface area contributed by atoms with Crippen molar-refractivity contribution < 1.29 is 52.4 Å². The number of rotatable bonds is 8. The SMILES string of the molecule is CC(=O)OC[C@H]1O[C@@H](OC(C)=O)[C@H](OC(C)=O)[C@@H](OC(=O)CCl)[C@H]1OC(=O)CCl. The third-order valence-electron chi connectivity index (χ3n) is 3.38. The van der Waals surface area contributed by atoms with E-state index in [1.165, 1.54) is 0 Å². The summed E-state index contributed by atoms with van der Waals surface area (Å²) in [7, 11) is 0. The van der Waals surface area contributed by atoms with Gasteiger partial charge in [0.1, 0.15) is 24.5 Å². The van der Waals surface area contributed by atoms with Gasteiger partial charge in [0, 0.05) is 20.8 Å². The van der Waals surface area contributed by atoms with E-state index in [0.717, 1.165) is 20.8 Å². The predicted octanol–water partition coefficient (Wildman–Crippen LogP) is 0.0704. The van der Waals surface area contributed by atoms with Crippen LogP contribution < -0.4 is 0 Å². The molecule has 1 aliphatic heterocycles. The van der Waals surface area contributed by atoms with Crippen molar-refractivity contribution in [2.45, 2.75) is 51.5 Å². The molecule has 1 heterocycles. The lowest BCUT2D eigenvalue weighted by atomic mass is 9.98. The Labute approximate surface area is 175 Å². The minimum atomic E-state index is -1.56. The first kappa shape index (κ1) is 24.9. The van der Waals surface area contributed by atoms with Crippen molar-refractivity contribution >= 4 is 53.0 Å². The Morgan fingerprint density at radius 1 is 0.724 bits per heavy atom. The van der Waals surface area contributed by atoms with Gasteiger partial charge in [0.25, 0.3) is 0 Å². The first-order valence-corrected chi connectivity index (χ1v) is 9.30. The first-order chi connectivity index (χ1) is 13.6. The molecule has 29 heavy (non-hydrogen) atoms. The van der Waals surface area contributed by atoms with Gasteiger partial charge in [-0.1, -0.05) is 0 Å². The molecule has 0 saturated carbocycles. The molecule has 0 unspecified atom stereocenters. The monoisotopic (exact) mass is 458 g/mol. The summed E-state index contributed by atoms with van der Waals surface area (Å²) in [6.45, 7) is 2.78. The Hall–Kier alpha value is -2.11. The Kier molecular flexibility index (Phi) is 10.1. The second-order valence-electron chi connectivity index (χ2n) is 5.71. The topological polar surface area (TPSA) is 141 Å². The summed E-state index contributed by atoms with van der Waals surface area (Å²) in [5.74, 6) is -5.33. The summed E-state index contributed by atoms with van der Waals surface area (Å²) in [6.07, 6.45) is -7.25. The highest BCUT2D eigenvalue weighted by Crippen LogP contribution is 2.30. The average Bonchev–Trinajstić information content (AvgIpc) is 2.63. The lowest BCUT2D eigenvalue weighted by Gasteiger charge is -2.43. The normalized spacial score (nSPS) is 26.0. The third-order valence-corrected chi connectivity index (χ3v) is 3.82. The summed E-state index contributed by atoms with van der Waals surface area (Å²) in [6, 6.07) is 0.